The van der Waals surface area contributed by atoms with Crippen molar-refractivity contribution in [2.75, 3.05) is 7.11 Å². The number of hydrogen-bond acceptors (Lipinski definition) is 3. The summed E-state index contributed by atoms with van der Waals surface area (Å²) in [7, 11) is 1.30. The summed E-state index contributed by atoms with van der Waals surface area (Å²) in [4.78, 5) is 23.1. The molecule has 2 atom stereocenters. The Kier molecular flexibility index (Phi) is 1.62. The van der Waals surface area contributed by atoms with Crippen LogP contribution in [0.15, 0.2) is 24.3 Å². The number of hydrogen-bond donors (Lipinski definition) is 0. The van der Waals surface area contributed by atoms with Gasteiger partial charge in [-0.05, 0) is 6.42 Å². The van der Waals surface area contributed by atoms with Crippen LogP contribution in [0.2, 0.25) is 0 Å². The molecule has 0 aliphatic heterocycles. The average Bonchev–Trinajstić information content (AvgIpc) is 2.40. The van der Waals surface area contributed by atoms with Crippen LogP contribution in [0.3, 0.4) is 0 Å². The highest BCUT2D eigenvalue weighted by atomic mass is 16.5. The van der Waals surface area contributed by atoms with E-state index in [4.69, 9.17) is 0 Å². The van der Waals surface area contributed by atoms with Crippen LogP contribution in [0.5, 0.6) is 0 Å². The zero-order valence-corrected chi connectivity index (χ0v) is 7.32. The lowest BCUT2D eigenvalue weighted by atomic mass is 9.79. The zero-order chi connectivity index (χ0) is 9.47. The molecule has 0 fully saturated rings. The Balaban J connectivity index is 2.46. The second kappa shape index (κ2) is 2.55. The molecule has 2 unspecified atom stereocenters. The fourth-order valence-electron chi connectivity index (χ4n) is 1.87. The molecule has 3 nitrogen and oxygen atoms in total. The topological polar surface area (TPSA) is 43.4 Å². The molecule has 68 valence electrons. The van der Waals surface area contributed by atoms with E-state index >= 15 is 0 Å². The zero-order valence-electron chi connectivity index (χ0n) is 7.32. The average molecular weight is 178 g/mol. The number of allylic oxidation sites excluding steroid dienone is 2. The predicted octanol–water partition coefficient (Wildman–Crippen LogP) is 0.861. The van der Waals surface area contributed by atoms with Crippen molar-refractivity contribution < 1.29 is 14.3 Å². The van der Waals surface area contributed by atoms with Crippen molar-refractivity contribution in [3.05, 3.63) is 24.3 Å². The van der Waals surface area contributed by atoms with Crippen LogP contribution in [-0.2, 0) is 14.3 Å². The first kappa shape index (κ1) is 8.23. The fraction of sp³-hybridized carbons (Fsp3) is 0.400. The number of fused-ring (bicyclic) bond motifs is 2. The van der Waals surface area contributed by atoms with Crippen molar-refractivity contribution in [1.29, 1.82) is 0 Å². The second-order valence-corrected chi connectivity index (χ2v) is 3.33. The minimum Gasteiger partial charge on any atom is -0.468 e. The van der Waals surface area contributed by atoms with Crippen molar-refractivity contribution in [2.45, 2.75) is 6.42 Å². The minimum atomic E-state index is -1.10. The Bertz CT molecular complexity index is 323. The highest BCUT2D eigenvalue weighted by Gasteiger charge is 2.50. The number of carbonyl (C=O) groups excluding carboxylic acids is 2. The summed E-state index contributed by atoms with van der Waals surface area (Å²) in [6, 6.07) is 0. The summed E-state index contributed by atoms with van der Waals surface area (Å²) in [5.41, 5.74) is -1.10. The number of Topliss-reactive ketones (excluding diaryl/α,β-unsaturated/α-hetero) is 1. The van der Waals surface area contributed by atoms with Gasteiger partial charge in [-0.25, -0.2) is 0 Å². The van der Waals surface area contributed by atoms with E-state index in [2.05, 4.69) is 4.74 Å². The van der Waals surface area contributed by atoms with Gasteiger partial charge < -0.3 is 4.74 Å². The summed E-state index contributed by atoms with van der Waals surface area (Å²) in [5, 5.41) is 0. The smallest absolute Gasteiger partial charge is 0.327 e. The van der Waals surface area contributed by atoms with E-state index in [0.717, 1.165) is 0 Å². The SMILES string of the molecule is COC(=O)C12C=CCC(C=C1)C2=O. The maximum absolute atomic E-state index is 11.7. The number of esters is 1. The van der Waals surface area contributed by atoms with Crippen LogP contribution in [0, 0.1) is 11.3 Å². The van der Waals surface area contributed by atoms with E-state index in [1.165, 1.54) is 7.11 Å². The molecule has 2 bridgehead atoms. The largest absolute Gasteiger partial charge is 0.468 e. The molecule has 2 rings (SSSR count). The standard InChI is InChI=1S/C10H10O3/c1-13-9(12)10-5-2-3-7(4-6-10)8(10)11/h2,4-7H,3H2,1H3. The third-order valence-electron chi connectivity index (χ3n) is 2.63. The maximum Gasteiger partial charge on any atom is 0.327 e. The number of ether oxygens (including phenoxy) is 1. The molecule has 0 aromatic heterocycles. The maximum atomic E-state index is 11.7. The monoisotopic (exact) mass is 178 g/mol. The second-order valence-electron chi connectivity index (χ2n) is 3.33. The van der Waals surface area contributed by atoms with E-state index in [1.807, 2.05) is 6.08 Å². The lowest BCUT2D eigenvalue weighted by Gasteiger charge is -2.23. The predicted molar refractivity (Wildman–Crippen MR) is 45.8 cm³/mol. The first-order valence-electron chi connectivity index (χ1n) is 4.20. The molecule has 0 saturated heterocycles. The third-order valence-corrected chi connectivity index (χ3v) is 2.63. The molecule has 13 heavy (non-hydrogen) atoms. The van der Waals surface area contributed by atoms with Gasteiger partial charge in [0.1, 0.15) is 0 Å². The van der Waals surface area contributed by atoms with E-state index in [9.17, 15) is 9.59 Å². The summed E-state index contributed by atoms with van der Waals surface area (Å²) in [6.45, 7) is 0. The van der Waals surface area contributed by atoms with Crippen molar-refractivity contribution in [2.24, 2.45) is 11.3 Å². The third kappa shape index (κ3) is 0.899. The van der Waals surface area contributed by atoms with Crippen molar-refractivity contribution in [3.8, 4) is 0 Å². The fourth-order valence-corrected chi connectivity index (χ4v) is 1.87. The number of ketones is 1. The van der Waals surface area contributed by atoms with Gasteiger partial charge in [0.05, 0.1) is 7.11 Å². The first-order chi connectivity index (χ1) is 6.20. The van der Waals surface area contributed by atoms with Gasteiger partial charge in [0.15, 0.2) is 11.2 Å². The lowest BCUT2D eigenvalue weighted by molar-refractivity contribution is -0.152. The molecule has 2 aliphatic carbocycles. The number of methoxy groups -OCH3 is 1. The van der Waals surface area contributed by atoms with Gasteiger partial charge in [0, 0.05) is 5.92 Å². The Morgan fingerprint density at radius 3 is 3.08 bits per heavy atom. The van der Waals surface area contributed by atoms with E-state index in [1.54, 1.807) is 18.2 Å². The normalized spacial score (nSPS) is 35.2. The van der Waals surface area contributed by atoms with Crippen LogP contribution in [-0.4, -0.2) is 18.9 Å². The highest BCUT2D eigenvalue weighted by molar-refractivity contribution is 6.12. The van der Waals surface area contributed by atoms with Gasteiger partial charge in [-0.2, -0.15) is 0 Å². The van der Waals surface area contributed by atoms with E-state index in [-0.39, 0.29) is 11.7 Å². The van der Waals surface area contributed by atoms with Gasteiger partial charge in [-0.15, -0.1) is 0 Å². The molecule has 0 heterocycles. The van der Waals surface area contributed by atoms with Crippen LogP contribution in [0.4, 0.5) is 0 Å². The Hall–Kier alpha value is -1.38. The number of carbonyl (C=O) groups is 2. The summed E-state index contributed by atoms with van der Waals surface area (Å²) in [5.74, 6) is -0.654. The van der Waals surface area contributed by atoms with Crippen LogP contribution in [0.25, 0.3) is 0 Å². The Labute approximate surface area is 76.1 Å². The molecular weight excluding hydrogens is 168 g/mol. The highest BCUT2D eigenvalue weighted by Crippen LogP contribution is 2.39. The first-order valence-corrected chi connectivity index (χ1v) is 4.20. The minimum absolute atomic E-state index is 0.0538. The molecule has 0 radical (unpaired) electrons. The van der Waals surface area contributed by atoms with Gasteiger partial charge in [-0.1, -0.05) is 24.3 Å². The molecule has 0 aromatic carbocycles. The molecule has 0 saturated carbocycles. The Morgan fingerprint density at radius 2 is 2.38 bits per heavy atom. The lowest BCUT2D eigenvalue weighted by Crippen LogP contribution is -2.38. The van der Waals surface area contributed by atoms with E-state index in [0.29, 0.717) is 6.42 Å². The quantitative estimate of drug-likeness (QED) is 0.340. The molecule has 3 heteroatoms. The summed E-state index contributed by atoms with van der Waals surface area (Å²) in [6.07, 6.45) is 7.65. The van der Waals surface area contributed by atoms with E-state index < -0.39 is 11.4 Å². The van der Waals surface area contributed by atoms with Gasteiger partial charge >= 0.3 is 5.97 Å². The van der Waals surface area contributed by atoms with Crippen molar-refractivity contribution in [3.63, 3.8) is 0 Å². The van der Waals surface area contributed by atoms with Crippen LogP contribution < -0.4 is 0 Å². The van der Waals surface area contributed by atoms with Gasteiger partial charge in [0.25, 0.3) is 0 Å². The summed E-state index contributed by atoms with van der Waals surface area (Å²) < 4.78 is 4.62. The molecule has 0 amide bonds. The van der Waals surface area contributed by atoms with Gasteiger partial charge in [0.2, 0.25) is 0 Å². The van der Waals surface area contributed by atoms with Crippen molar-refractivity contribution in [1.82, 2.24) is 0 Å². The van der Waals surface area contributed by atoms with Crippen LogP contribution in [0.1, 0.15) is 6.42 Å². The molecule has 2 aliphatic rings. The molecular formula is C10H10O3. The molecule has 0 aromatic rings. The van der Waals surface area contributed by atoms with Crippen LogP contribution >= 0.6 is 0 Å². The molecule has 0 spiro atoms. The number of rotatable bonds is 1. The Morgan fingerprint density at radius 1 is 1.62 bits per heavy atom. The van der Waals surface area contributed by atoms with Gasteiger partial charge in [-0.3, -0.25) is 9.59 Å². The summed E-state index contributed by atoms with van der Waals surface area (Å²) >= 11 is 0. The molecule has 0 N–H and O–H groups in total. The van der Waals surface area contributed by atoms with Crippen molar-refractivity contribution >= 4 is 11.8 Å².